The maximum Gasteiger partial charge on any atom is 0.337 e. The summed E-state index contributed by atoms with van der Waals surface area (Å²) in [5.74, 6) is -1.00. The van der Waals surface area contributed by atoms with Crippen LogP contribution in [0.1, 0.15) is 23.2 Å². The predicted octanol–water partition coefficient (Wildman–Crippen LogP) is 1.56. The van der Waals surface area contributed by atoms with Gasteiger partial charge in [0.1, 0.15) is 0 Å². The topological polar surface area (TPSA) is 84.6 Å². The van der Waals surface area contributed by atoms with Gasteiger partial charge >= 0.3 is 5.97 Å². The number of nitrogen functional groups attached to an aromatic ring is 1. The number of rotatable bonds is 3. The molecule has 0 unspecified atom stereocenters. The number of nitrogens with one attached hydrogen (secondary N) is 1. The largest absolute Gasteiger partial charge is 0.478 e. The minimum Gasteiger partial charge on any atom is -0.478 e. The molecule has 0 saturated carbocycles. The first-order valence-corrected chi connectivity index (χ1v) is 5.64. The molecule has 0 atom stereocenters. The summed E-state index contributed by atoms with van der Waals surface area (Å²) in [6, 6.07) is 5.34. The summed E-state index contributed by atoms with van der Waals surface area (Å²) in [4.78, 5) is 10.9. The van der Waals surface area contributed by atoms with E-state index in [0.717, 1.165) is 31.7 Å². The first-order valence-electron chi connectivity index (χ1n) is 5.64. The molecule has 0 bridgehead atoms. The molecule has 1 aliphatic rings. The molecule has 1 aromatic carbocycles. The van der Waals surface area contributed by atoms with Gasteiger partial charge in [-0.25, -0.2) is 4.79 Å². The molecule has 2 rings (SSSR count). The molecule has 5 heteroatoms. The van der Waals surface area contributed by atoms with Gasteiger partial charge in [-0.3, -0.25) is 0 Å². The van der Waals surface area contributed by atoms with Gasteiger partial charge in [0.25, 0.3) is 0 Å². The van der Waals surface area contributed by atoms with Crippen LogP contribution >= 0.6 is 0 Å². The van der Waals surface area contributed by atoms with Crippen molar-refractivity contribution in [2.24, 2.45) is 0 Å². The standard InChI is InChI=1S/C12H16N2O3/c13-11-2-1-9(7-10(11)12(15)16)14-8-3-5-17-6-4-8/h1-2,7-8,14H,3-6,13H2,(H,15,16). The van der Waals surface area contributed by atoms with Gasteiger partial charge in [-0.2, -0.15) is 0 Å². The van der Waals surface area contributed by atoms with Crippen molar-refractivity contribution < 1.29 is 14.6 Å². The van der Waals surface area contributed by atoms with Crippen molar-refractivity contribution >= 4 is 17.3 Å². The highest BCUT2D eigenvalue weighted by Crippen LogP contribution is 2.20. The van der Waals surface area contributed by atoms with Crippen LogP contribution < -0.4 is 11.1 Å². The molecule has 1 fully saturated rings. The van der Waals surface area contributed by atoms with Crippen LogP contribution in [0.5, 0.6) is 0 Å². The summed E-state index contributed by atoms with van der Waals surface area (Å²) in [5.41, 5.74) is 6.82. The van der Waals surface area contributed by atoms with E-state index in [9.17, 15) is 4.79 Å². The van der Waals surface area contributed by atoms with Gasteiger partial charge in [-0.1, -0.05) is 0 Å². The molecule has 4 N–H and O–H groups in total. The summed E-state index contributed by atoms with van der Waals surface area (Å²) in [6.07, 6.45) is 1.87. The zero-order valence-corrected chi connectivity index (χ0v) is 9.48. The Balaban J connectivity index is 2.10. The van der Waals surface area contributed by atoms with Crippen molar-refractivity contribution in [3.63, 3.8) is 0 Å². The molecule has 17 heavy (non-hydrogen) atoms. The Morgan fingerprint density at radius 1 is 1.41 bits per heavy atom. The maximum atomic E-state index is 10.9. The van der Waals surface area contributed by atoms with Gasteiger partial charge in [0.15, 0.2) is 0 Å². The highest BCUT2D eigenvalue weighted by molar-refractivity contribution is 5.94. The van der Waals surface area contributed by atoms with Crippen LogP contribution in [0, 0.1) is 0 Å². The van der Waals surface area contributed by atoms with Crippen molar-refractivity contribution in [2.45, 2.75) is 18.9 Å². The van der Waals surface area contributed by atoms with Crippen LogP contribution in [-0.2, 0) is 4.74 Å². The average molecular weight is 236 g/mol. The van der Waals surface area contributed by atoms with Gasteiger partial charge < -0.3 is 20.9 Å². The number of carbonyl (C=O) groups is 1. The maximum absolute atomic E-state index is 10.9. The lowest BCUT2D eigenvalue weighted by atomic mass is 10.1. The van der Waals surface area contributed by atoms with E-state index in [1.54, 1.807) is 18.2 Å². The third-order valence-electron chi connectivity index (χ3n) is 2.88. The van der Waals surface area contributed by atoms with Crippen LogP contribution in [0.2, 0.25) is 0 Å². The first-order chi connectivity index (χ1) is 8.16. The van der Waals surface area contributed by atoms with Gasteiger partial charge in [0.05, 0.1) is 5.56 Å². The normalized spacial score (nSPS) is 16.7. The van der Waals surface area contributed by atoms with Crippen LogP contribution in [0.25, 0.3) is 0 Å². The molecule has 0 aliphatic carbocycles. The van der Waals surface area contributed by atoms with Gasteiger partial charge in [-0.15, -0.1) is 0 Å². The second-order valence-corrected chi connectivity index (χ2v) is 4.14. The summed E-state index contributed by atoms with van der Waals surface area (Å²) >= 11 is 0. The highest BCUT2D eigenvalue weighted by Gasteiger charge is 2.14. The Hall–Kier alpha value is -1.75. The van der Waals surface area contributed by atoms with Crippen molar-refractivity contribution in [1.29, 1.82) is 0 Å². The summed E-state index contributed by atoms with van der Waals surface area (Å²) < 4.78 is 5.26. The quantitative estimate of drug-likeness (QED) is 0.693. The third kappa shape index (κ3) is 2.88. The van der Waals surface area contributed by atoms with E-state index in [-0.39, 0.29) is 11.3 Å². The van der Waals surface area contributed by atoms with Crippen LogP contribution in [0.4, 0.5) is 11.4 Å². The molecule has 0 aromatic heterocycles. The lowest BCUT2D eigenvalue weighted by Crippen LogP contribution is -2.27. The van der Waals surface area contributed by atoms with Crippen molar-refractivity contribution in [3.8, 4) is 0 Å². The smallest absolute Gasteiger partial charge is 0.337 e. The highest BCUT2D eigenvalue weighted by atomic mass is 16.5. The molecule has 1 heterocycles. The molecule has 92 valence electrons. The number of anilines is 2. The number of benzene rings is 1. The summed E-state index contributed by atoms with van der Waals surface area (Å²) in [7, 11) is 0. The Labute approximate surface area is 99.6 Å². The molecule has 0 spiro atoms. The van der Waals surface area contributed by atoms with Gasteiger partial charge in [0.2, 0.25) is 0 Å². The number of hydrogen-bond acceptors (Lipinski definition) is 4. The van der Waals surface area contributed by atoms with E-state index >= 15 is 0 Å². The van der Waals surface area contributed by atoms with Gasteiger partial charge in [0, 0.05) is 30.6 Å². The van der Waals surface area contributed by atoms with Crippen molar-refractivity contribution in [3.05, 3.63) is 23.8 Å². The van der Waals surface area contributed by atoms with E-state index in [0.29, 0.717) is 6.04 Å². The SMILES string of the molecule is Nc1ccc(NC2CCOCC2)cc1C(=O)O. The fourth-order valence-corrected chi connectivity index (χ4v) is 1.91. The Morgan fingerprint density at radius 3 is 2.76 bits per heavy atom. The Morgan fingerprint density at radius 2 is 2.12 bits per heavy atom. The molecule has 5 nitrogen and oxygen atoms in total. The fraction of sp³-hybridized carbons (Fsp3) is 0.417. The van der Waals surface area contributed by atoms with Crippen LogP contribution in [-0.4, -0.2) is 30.3 Å². The zero-order valence-electron chi connectivity index (χ0n) is 9.48. The molecule has 0 radical (unpaired) electrons. The number of nitrogens with two attached hydrogens (primary N) is 1. The van der Waals surface area contributed by atoms with E-state index in [4.69, 9.17) is 15.6 Å². The minimum absolute atomic E-state index is 0.141. The second-order valence-electron chi connectivity index (χ2n) is 4.14. The van der Waals surface area contributed by atoms with Crippen LogP contribution in [0.3, 0.4) is 0 Å². The van der Waals surface area contributed by atoms with Gasteiger partial charge in [-0.05, 0) is 31.0 Å². The van der Waals surface area contributed by atoms with Crippen molar-refractivity contribution in [1.82, 2.24) is 0 Å². The summed E-state index contributed by atoms with van der Waals surface area (Å²) in [6.45, 7) is 1.50. The Bertz CT molecular complexity index is 414. The monoisotopic (exact) mass is 236 g/mol. The first kappa shape index (κ1) is 11.7. The molecular formula is C12H16N2O3. The number of ether oxygens (including phenoxy) is 1. The second kappa shape index (κ2) is 5.05. The minimum atomic E-state index is -1.00. The lowest BCUT2D eigenvalue weighted by Gasteiger charge is -2.24. The Kier molecular flexibility index (Phi) is 3.49. The molecular weight excluding hydrogens is 220 g/mol. The average Bonchev–Trinajstić information content (AvgIpc) is 2.32. The van der Waals surface area contributed by atoms with Crippen LogP contribution in [0.15, 0.2) is 18.2 Å². The fourth-order valence-electron chi connectivity index (χ4n) is 1.91. The zero-order chi connectivity index (χ0) is 12.3. The third-order valence-corrected chi connectivity index (χ3v) is 2.88. The van der Waals surface area contributed by atoms with E-state index in [1.165, 1.54) is 0 Å². The lowest BCUT2D eigenvalue weighted by molar-refractivity contribution is 0.0698. The number of carboxylic acid groups (broad SMARTS) is 1. The van der Waals surface area contributed by atoms with Crippen molar-refractivity contribution in [2.75, 3.05) is 24.3 Å². The summed E-state index contributed by atoms with van der Waals surface area (Å²) in [5, 5.41) is 12.3. The predicted molar refractivity (Wildman–Crippen MR) is 65.3 cm³/mol. The number of carboxylic acids is 1. The van der Waals surface area contributed by atoms with E-state index < -0.39 is 5.97 Å². The number of aromatic carboxylic acids is 1. The van der Waals surface area contributed by atoms with E-state index in [2.05, 4.69) is 5.32 Å². The molecule has 1 saturated heterocycles. The number of hydrogen-bond donors (Lipinski definition) is 3. The molecule has 1 aromatic rings. The van der Waals surface area contributed by atoms with E-state index in [1.807, 2.05) is 0 Å². The molecule has 1 aliphatic heterocycles. The molecule has 0 amide bonds.